The zero-order chi connectivity index (χ0) is 12.8. The van der Waals surface area contributed by atoms with Crippen LogP contribution in [0.4, 0.5) is 0 Å². The van der Waals surface area contributed by atoms with Gasteiger partial charge in [0.05, 0.1) is 0 Å². The first-order chi connectivity index (χ1) is 8.56. The summed E-state index contributed by atoms with van der Waals surface area (Å²) in [6.45, 7) is 8.12. The molecule has 0 radical (unpaired) electrons. The van der Waals surface area contributed by atoms with E-state index < -0.39 is 0 Å². The van der Waals surface area contributed by atoms with Gasteiger partial charge in [0, 0.05) is 12.1 Å². The van der Waals surface area contributed by atoms with Crippen molar-refractivity contribution < 1.29 is 9.47 Å². The lowest BCUT2D eigenvalue weighted by atomic mass is 10.1. The number of fused-ring (bicyclic) bond motifs is 1. The second-order valence-electron chi connectivity index (χ2n) is 6.04. The maximum Gasteiger partial charge on any atom is 0.161 e. The molecule has 1 heterocycles. The maximum atomic E-state index is 5.62. The molecule has 1 aliphatic heterocycles. The highest BCUT2D eigenvalue weighted by molar-refractivity contribution is 5.44. The molecule has 0 spiro atoms. The average molecular weight is 247 g/mol. The topological polar surface area (TPSA) is 30.5 Å². The molecule has 2 aliphatic rings. The summed E-state index contributed by atoms with van der Waals surface area (Å²) < 4.78 is 11.2. The summed E-state index contributed by atoms with van der Waals surface area (Å²) in [6.07, 6.45) is 1.27. The molecule has 2 atom stereocenters. The van der Waals surface area contributed by atoms with Crippen molar-refractivity contribution in [1.82, 2.24) is 5.32 Å². The van der Waals surface area contributed by atoms with Crippen LogP contribution in [-0.4, -0.2) is 19.3 Å². The number of nitrogens with one attached hydrogen (secondary N) is 1. The van der Waals surface area contributed by atoms with Crippen molar-refractivity contribution >= 4 is 0 Å². The van der Waals surface area contributed by atoms with Gasteiger partial charge in [0.15, 0.2) is 11.5 Å². The Morgan fingerprint density at radius 3 is 2.56 bits per heavy atom. The molecule has 98 valence electrons. The Labute approximate surface area is 108 Å². The molecule has 1 N–H and O–H groups in total. The maximum absolute atomic E-state index is 5.62. The summed E-state index contributed by atoms with van der Waals surface area (Å²) >= 11 is 0. The SMILES string of the molecule is CC(NC1CC1(C)C)c1ccc2c(c1)OCCO2. The quantitative estimate of drug-likeness (QED) is 0.891. The van der Waals surface area contributed by atoms with E-state index in [1.165, 1.54) is 12.0 Å². The third-order valence-corrected chi connectivity index (χ3v) is 4.03. The van der Waals surface area contributed by atoms with Crippen LogP contribution in [-0.2, 0) is 0 Å². The lowest BCUT2D eigenvalue weighted by molar-refractivity contribution is 0.171. The molecule has 0 aromatic heterocycles. The van der Waals surface area contributed by atoms with Gasteiger partial charge < -0.3 is 14.8 Å². The van der Waals surface area contributed by atoms with Gasteiger partial charge in [-0.25, -0.2) is 0 Å². The smallest absolute Gasteiger partial charge is 0.161 e. The van der Waals surface area contributed by atoms with E-state index in [0.717, 1.165) is 11.5 Å². The first-order valence-electron chi connectivity index (χ1n) is 6.72. The van der Waals surface area contributed by atoms with Crippen LogP contribution in [0.3, 0.4) is 0 Å². The minimum atomic E-state index is 0.354. The van der Waals surface area contributed by atoms with Crippen molar-refractivity contribution in [2.45, 2.75) is 39.3 Å². The molecule has 0 bridgehead atoms. The van der Waals surface area contributed by atoms with Crippen LogP contribution in [0, 0.1) is 5.41 Å². The van der Waals surface area contributed by atoms with Crippen molar-refractivity contribution in [2.24, 2.45) is 5.41 Å². The fourth-order valence-corrected chi connectivity index (χ4v) is 2.48. The Bertz CT molecular complexity index is 456. The molecule has 3 nitrogen and oxygen atoms in total. The van der Waals surface area contributed by atoms with Crippen LogP contribution in [0.15, 0.2) is 18.2 Å². The second-order valence-corrected chi connectivity index (χ2v) is 6.04. The molecule has 1 aromatic rings. The van der Waals surface area contributed by atoms with Crippen LogP contribution in [0.2, 0.25) is 0 Å². The van der Waals surface area contributed by atoms with Gasteiger partial charge >= 0.3 is 0 Å². The summed E-state index contributed by atoms with van der Waals surface area (Å²) in [5.74, 6) is 1.74. The molecule has 1 aliphatic carbocycles. The van der Waals surface area contributed by atoms with E-state index in [9.17, 15) is 0 Å². The summed E-state index contributed by atoms with van der Waals surface area (Å²) in [4.78, 5) is 0. The van der Waals surface area contributed by atoms with Crippen LogP contribution in [0.5, 0.6) is 11.5 Å². The van der Waals surface area contributed by atoms with E-state index in [1.54, 1.807) is 0 Å². The Kier molecular flexibility index (Phi) is 2.74. The second kappa shape index (κ2) is 4.16. The first kappa shape index (κ1) is 11.8. The van der Waals surface area contributed by atoms with Crippen LogP contribution in [0.1, 0.15) is 38.8 Å². The van der Waals surface area contributed by atoms with Gasteiger partial charge in [-0.2, -0.15) is 0 Å². The van der Waals surface area contributed by atoms with Crippen molar-refractivity contribution in [3.05, 3.63) is 23.8 Å². The van der Waals surface area contributed by atoms with E-state index in [2.05, 4.69) is 38.2 Å². The van der Waals surface area contributed by atoms with Crippen molar-refractivity contribution in [3.63, 3.8) is 0 Å². The predicted octanol–water partition coefficient (Wildman–Crippen LogP) is 2.91. The molecule has 0 amide bonds. The van der Waals surface area contributed by atoms with Crippen molar-refractivity contribution in [3.8, 4) is 11.5 Å². The molecule has 3 heteroatoms. The molecule has 2 unspecified atom stereocenters. The summed E-state index contributed by atoms with van der Waals surface area (Å²) in [5, 5.41) is 3.67. The van der Waals surface area contributed by atoms with Gasteiger partial charge in [0.2, 0.25) is 0 Å². The summed E-state index contributed by atoms with van der Waals surface area (Å²) in [5.41, 5.74) is 1.73. The minimum absolute atomic E-state index is 0.354. The summed E-state index contributed by atoms with van der Waals surface area (Å²) in [6, 6.07) is 7.23. The summed E-state index contributed by atoms with van der Waals surface area (Å²) in [7, 11) is 0. The highest BCUT2D eigenvalue weighted by Gasteiger charge is 2.45. The average Bonchev–Trinajstić information content (AvgIpc) is 2.95. The van der Waals surface area contributed by atoms with Crippen molar-refractivity contribution in [1.29, 1.82) is 0 Å². The number of benzene rings is 1. The van der Waals surface area contributed by atoms with E-state index in [1.807, 2.05) is 6.07 Å². The van der Waals surface area contributed by atoms with Crippen molar-refractivity contribution in [2.75, 3.05) is 13.2 Å². The van der Waals surface area contributed by atoms with E-state index in [4.69, 9.17) is 9.47 Å². The molecule has 3 rings (SSSR count). The van der Waals surface area contributed by atoms with E-state index in [0.29, 0.717) is 30.7 Å². The Hall–Kier alpha value is -1.22. The molecule has 18 heavy (non-hydrogen) atoms. The lowest BCUT2D eigenvalue weighted by Gasteiger charge is -2.21. The normalized spacial score (nSPS) is 25.6. The van der Waals surface area contributed by atoms with Gasteiger partial charge in [-0.3, -0.25) is 0 Å². The molecular formula is C15H21NO2. The zero-order valence-corrected chi connectivity index (χ0v) is 11.3. The monoisotopic (exact) mass is 247 g/mol. The first-order valence-corrected chi connectivity index (χ1v) is 6.72. The minimum Gasteiger partial charge on any atom is -0.486 e. The molecule has 1 aromatic carbocycles. The Balaban J connectivity index is 1.72. The number of rotatable bonds is 3. The van der Waals surface area contributed by atoms with E-state index >= 15 is 0 Å². The standard InChI is InChI=1S/C15H21NO2/c1-10(16-14-9-15(14,2)3)11-4-5-12-13(8-11)18-7-6-17-12/h4-5,8,10,14,16H,6-7,9H2,1-3H3. The molecule has 0 saturated heterocycles. The number of ether oxygens (including phenoxy) is 2. The zero-order valence-electron chi connectivity index (χ0n) is 11.3. The fraction of sp³-hybridized carbons (Fsp3) is 0.600. The third kappa shape index (κ3) is 2.19. The van der Waals surface area contributed by atoms with Gasteiger partial charge in [-0.05, 0) is 36.5 Å². The van der Waals surface area contributed by atoms with Crippen LogP contribution >= 0.6 is 0 Å². The predicted molar refractivity (Wildman–Crippen MR) is 71.2 cm³/mol. The third-order valence-electron chi connectivity index (χ3n) is 4.03. The highest BCUT2D eigenvalue weighted by Crippen LogP contribution is 2.46. The van der Waals surface area contributed by atoms with E-state index in [-0.39, 0.29) is 0 Å². The van der Waals surface area contributed by atoms with Gasteiger partial charge in [-0.15, -0.1) is 0 Å². The molecular weight excluding hydrogens is 226 g/mol. The largest absolute Gasteiger partial charge is 0.486 e. The highest BCUT2D eigenvalue weighted by atomic mass is 16.6. The van der Waals surface area contributed by atoms with Crippen LogP contribution < -0.4 is 14.8 Å². The lowest BCUT2D eigenvalue weighted by Crippen LogP contribution is -2.24. The number of hydrogen-bond donors (Lipinski definition) is 1. The number of hydrogen-bond acceptors (Lipinski definition) is 3. The van der Waals surface area contributed by atoms with Gasteiger partial charge in [0.25, 0.3) is 0 Å². The van der Waals surface area contributed by atoms with Gasteiger partial charge in [0.1, 0.15) is 13.2 Å². The fourth-order valence-electron chi connectivity index (χ4n) is 2.48. The van der Waals surface area contributed by atoms with Gasteiger partial charge in [-0.1, -0.05) is 19.9 Å². The molecule has 1 fully saturated rings. The Morgan fingerprint density at radius 2 is 1.89 bits per heavy atom. The van der Waals surface area contributed by atoms with Crippen LogP contribution in [0.25, 0.3) is 0 Å². The molecule has 1 saturated carbocycles. The Morgan fingerprint density at radius 1 is 1.22 bits per heavy atom.